The Morgan fingerprint density at radius 1 is 0.378 bits per heavy atom. The number of fused-ring (bicyclic) bond motifs is 8. The third kappa shape index (κ3) is 6.72. The zero-order chi connectivity index (χ0) is 25.9. The van der Waals surface area contributed by atoms with Crippen LogP contribution >= 0.6 is 0 Å². The van der Waals surface area contributed by atoms with Crippen LogP contribution in [-0.2, 0) is 17.4 Å². The summed E-state index contributed by atoms with van der Waals surface area (Å²) in [5.41, 5.74) is 2.70. The van der Waals surface area contributed by atoms with Crippen LogP contribution in [0.3, 0.4) is 0 Å². The molecule has 0 aliphatic heterocycles. The average molecular weight is 545 g/mol. The molecule has 210 valence electrons. The van der Waals surface area contributed by atoms with Crippen LogP contribution in [0.5, 0.6) is 0 Å². The summed E-state index contributed by atoms with van der Waals surface area (Å²) in [4.78, 5) is 0. The number of rotatable bonds is 0. The van der Waals surface area contributed by atoms with E-state index in [4.69, 9.17) is 0 Å². The maximum atomic E-state index is 2.42. The molecule has 0 saturated heterocycles. The van der Waals surface area contributed by atoms with Gasteiger partial charge in [0.05, 0.1) is 0 Å². The van der Waals surface area contributed by atoms with Crippen LogP contribution in [0, 0.1) is 69.0 Å². The molecule has 8 bridgehead atoms. The first-order valence-electron chi connectivity index (χ1n) is 16.1. The minimum Gasteiger partial charge on any atom is -0.313 e. The predicted molar refractivity (Wildman–Crippen MR) is 156 cm³/mol. The monoisotopic (exact) mass is 544 g/mol. The van der Waals surface area contributed by atoms with E-state index in [2.05, 4.69) is 55.4 Å². The summed E-state index contributed by atoms with van der Waals surface area (Å²) in [5, 5.41) is 0. The van der Waals surface area contributed by atoms with E-state index in [0.717, 1.165) is 23.7 Å². The van der Waals surface area contributed by atoms with Gasteiger partial charge in [-0.15, -0.1) is 0 Å². The van der Waals surface area contributed by atoms with E-state index >= 15 is 0 Å². The fraction of sp³-hybridized carbons (Fsp3) is 0.889. The second-order valence-electron chi connectivity index (χ2n) is 17.4. The van der Waals surface area contributed by atoms with Crippen molar-refractivity contribution in [3.63, 3.8) is 0 Å². The summed E-state index contributed by atoms with van der Waals surface area (Å²) in [6, 6.07) is 0. The Morgan fingerprint density at radius 3 is 0.622 bits per heavy atom. The maximum Gasteiger partial charge on any atom is 4.00 e. The molecule has 0 N–H and O–H groups in total. The van der Waals surface area contributed by atoms with Crippen molar-refractivity contribution in [1.29, 1.82) is 0 Å². The minimum absolute atomic E-state index is 0. The van der Waals surface area contributed by atoms with Crippen LogP contribution in [-0.4, -0.2) is 0 Å². The summed E-state index contributed by atoms with van der Waals surface area (Å²) >= 11 is 0. The summed E-state index contributed by atoms with van der Waals surface area (Å²) in [5.74, 6) is 11.6. The Morgan fingerprint density at radius 2 is 0.568 bits per heavy atom. The van der Waals surface area contributed by atoms with E-state index in [1.165, 1.54) is 103 Å². The SMILES string of the molecule is CC1(C)C[C-]2CCC1C2.CC1(C)C[C-]2CCC1C2.CC1(C)C[C-]2CCC1C2.CC1(C)C[C-]2CCC1C2.[Cr+4]. The molecule has 8 aliphatic rings. The minimum atomic E-state index is 0. The first kappa shape index (κ1) is 30.5. The zero-order valence-corrected chi connectivity index (χ0v) is 27.3. The van der Waals surface area contributed by atoms with Crippen LogP contribution < -0.4 is 0 Å². The average Bonchev–Trinajstić information content (AvgIpc) is 3.57. The van der Waals surface area contributed by atoms with Gasteiger partial charge in [0.1, 0.15) is 0 Å². The van der Waals surface area contributed by atoms with Gasteiger partial charge in [-0.2, -0.15) is 77.0 Å². The Labute approximate surface area is 243 Å². The normalized spacial score (nSPS) is 38.9. The molecule has 4 unspecified atom stereocenters. The van der Waals surface area contributed by atoms with Crippen molar-refractivity contribution in [2.45, 2.75) is 158 Å². The van der Waals surface area contributed by atoms with Gasteiger partial charge in [0.15, 0.2) is 0 Å². The molecule has 0 heterocycles. The summed E-state index contributed by atoms with van der Waals surface area (Å²) in [6.45, 7) is 19.4. The first-order chi connectivity index (χ1) is 16.7. The molecule has 8 aliphatic carbocycles. The molecule has 8 saturated carbocycles. The molecule has 0 nitrogen and oxygen atoms in total. The van der Waals surface area contributed by atoms with E-state index < -0.39 is 0 Å². The third-order valence-corrected chi connectivity index (χ3v) is 12.8. The largest absolute Gasteiger partial charge is 4.00 e. The molecular formula is C36H60Cr. The van der Waals surface area contributed by atoms with Gasteiger partial charge in [0.2, 0.25) is 0 Å². The van der Waals surface area contributed by atoms with E-state index in [1.54, 1.807) is 0 Å². The van der Waals surface area contributed by atoms with Crippen molar-refractivity contribution >= 4 is 0 Å². The number of hydrogen-bond acceptors (Lipinski definition) is 0. The molecule has 0 amide bonds. The zero-order valence-electron chi connectivity index (χ0n) is 26.0. The van der Waals surface area contributed by atoms with Gasteiger partial charge in [-0.25, -0.2) is 0 Å². The van der Waals surface area contributed by atoms with Gasteiger partial charge in [0, 0.05) is 0 Å². The molecule has 0 aromatic carbocycles. The molecule has 8 fully saturated rings. The standard InChI is InChI=1S/4C9H15.Cr/c4*1-9(2)6-7-3-4-8(9)5-7;/h4*8H,3-6H2,1-2H3;/q4*-1;+4. The van der Waals surface area contributed by atoms with E-state index in [0.29, 0.717) is 21.7 Å². The molecule has 0 aromatic rings. The predicted octanol–water partition coefficient (Wildman–Crippen LogP) is 11.2. The van der Waals surface area contributed by atoms with Gasteiger partial charge in [0.25, 0.3) is 0 Å². The van der Waals surface area contributed by atoms with E-state index in [-0.39, 0.29) is 17.4 Å². The second-order valence-corrected chi connectivity index (χ2v) is 17.4. The Hall–Kier alpha value is 0.532. The van der Waals surface area contributed by atoms with E-state index in [9.17, 15) is 0 Å². The van der Waals surface area contributed by atoms with Crippen molar-refractivity contribution in [2.24, 2.45) is 45.3 Å². The smallest absolute Gasteiger partial charge is 0.313 e. The second kappa shape index (κ2) is 11.1. The van der Waals surface area contributed by atoms with E-state index in [1.807, 2.05) is 23.7 Å². The molecule has 1 heteroatoms. The Bertz CT molecular complexity index is 631. The molecule has 0 spiro atoms. The van der Waals surface area contributed by atoms with Crippen LogP contribution in [0.25, 0.3) is 0 Å². The Balaban J connectivity index is 0.000000114. The van der Waals surface area contributed by atoms with Gasteiger partial charge in [-0.3, -0.25) is 0 Å². The van der Waals surface area contributed by atoms with Gasteiger partial charge in [-0.1, -0.05) is 126 Å². The first-order valence-corrected chi connectivity index (χ1v) is 16.1. The van der Waals surface area contributed by atoms with Crippen molar-refractivity contribution in [2.75, 3.05) is 0 Å². The van der Waals surface area contributed by atoms with Crippen LogP contribution in [0.2, 0.25) is 0 Å². The van der Waals surface area contributed by atoms with Gasteiger partial charge in [-0.05, 0) is 0 Å². The summed E-state index contributed by atoms with van der Waals surface area (Å²) < 4.78 is 0. The van der Waals surface area contributed by atoms with Crippen molar-refractivity contribution in [3.05, 3.63) is 23.7 Å². The fourth-order valence-corrected chi connectivity index (χ4v) is 10.2. The molecule has 4 atom stereocenters. The topological polar surface area (TPSA) is 0 Å². The van der Waals surface area contributed by atoms with Crippen LogP contribution in [0.4, 0.5) is 0 Å². The van der Waals surface area contributed by atoms with Crippen molar-refractivity contribution in [3.8, 4) is 0 Å². The molecule has 37 heavy (non-hydrogen) atoms. The molecular weight excluding hydrogens is 484 g/mol. The maximum absolute atomic E-state index is 2.42. The fourth-order valence-electron chi connectivity index (χ4n) is 10.2. The molecule has 0 radical (unpaired) electrons. The van der Waals surface area contributed by atoms with Gasteiger partial charge >= 0.3 is 17.4 Å². The van der Waals surface area contributed by atoms with Crippen molar-refractivity contribution < 1.29 is 17.4 Å². The Kier molecular flexibility index (Phi) is 9.13. The third-order valence-electron chi connectivity index (χ3n) is 12.8. The summed E-state index contributed by atoms with van der Waals surface area (Å²) in [7, 11) is 0. The molecule has 0 aromatic heterocycles. The van der Waals surface area contributed by atoms with Crippen molar-refractivity contribution in [1.82, 2.24) is 0 Å². The van der Waals surface area contributed by atoms with Crippen LogP contribution in [0.15, 0.2) is 0 Å². The quantitative estimate of drug-likeness (QED) is 0.266. The van der Waals surface area contributed by atoms with Gasteiger partial charge < -0.3 is 23.7 Å². The van der Waals surface area contributed by atoms with Crippen LogP contribution in [0.1, 0.15) is 158 Å². The molecule has 8 rings (SSSR count). The summed E-state index contributed by atoms with van der Waals surface area (Å²) in [6.07, 6.45) is 23.3. The number of hydrogen-bond donors (Lipinski definition) is 0.